The molecule has 0 bridgehead atoms. The molecule has 0 aliphatic rings. The Morgan fingerprint density at radius 2 is 1.18 bits per heavy atom. The van der Waals surface area contributed by atoms with Crippen molar-refractivity contribution in [3.05, 3.63) is 110 Å². The van der Waals surface area contributed by atoms with Gasteiger partial charge in [-0.2, -0.15) is 0 Å². The second-order valence-corrected chi connectivity index (χ2v) is 8.02. The first-order valence-electron chi connectivity index (χ1n) is 10.3. The van der Waals surface area contributed by atoms with Gasteiger partial charge in [0.25, 0.3) is 0 Å². The van der Waals surface area contributed by atoms with Gasteiger partial charge in [0, 0.05) is 12.4 Å². The van der Waals surface area contributed by atoms with E-state index in [2.05, 4.69) is 4.98 Å². The average molecular weight is 441 g/mol. The maximum absolute atomic E-state index is 13.1. The lowest BCUT2D eigenvalue weighted by Gasteiger charge is -2.19. The molecule has 5 aromatic rings. The summed E-state index contributed by atoms with van der Waals surface area (Å²) in [6.07, 6.45) is 2.99. The molecule has 5 rings (SSSR count). The number of hydrogen-bond donors (Lipinski definition) is 2. The first-order valence-corrected chi connectivity index (χ1v) is 10.3. The van der Waals surface area contributed by atoms with Crippen LogP contribution >= 0.6 is 0 Å². The van der Waals surface area contributed by atoms with Crippen molar-refractivity contribution in [2.45, 2.75) is 19.8 Å². The number of hydrogen-bond acceptors (Lipinski definition) is 7. The van der Waals surface area contributed by atoms with Crippen molar-refractivity contribution in [3.8, 4) is 11.5 Å². The van der Waals surface area contributed by atoms with Gasteiger partial charge in [-0.05, 0) is 55.8 Å². The minimum atomic E-state index is -1.16. The van der Waals surface area contributed by atoms with Crippen LogP contribution in [-0.2, 0) is 0 Å². The predicted molar refractivity (Wildman–Crippen MR) is 123 cm³/mol. The van der Waals surface area contributed by atoms with E-state index in [4.69, 9.17) is 8.83 Å². The highest BCUT2D eigenvalue weighted by Crippen LogP contribution is 2.41. The van der Waals surface area contributed by atoms with E-state index >= 15 is 0 Å². The first kappa shape index (κ1) is 20.5. The van der Waals surface area contributed by atoms with Crippen LogP contribution in [0.4, 0.5) is 0 Å². The third-order valence-corrected chi connectivity index (χ3v) is 5.75. The van der Waals surface area contributed by atoms with Gasteiger partial charge in [-0.3, -0.25) is 4.98 Å². The van der Waals surface area contributed by atoms with E-state index < -0.39 is 17.2 Å². The fourth-order valence-corrected chi connectivity index (χ4v) is 4.17. The fourth-order valence-electron chi connectivity index (χ4n) is 4.17. The monoisotopic (exact) mass is 441 g/mol. The van der Waals surface area contributed by atoms with Crippen LogP contribution in [0.25, 0.3) is 21.9 Å². The molecule has 0 saturated heterocycles. The summed E-state index contributed by atoms with van der Waals surface area (Å²) in [6, 6.07) is 13.3. The Hall–Kier alpha value is -4.39. The quantitative estimate of drug-likeness (QED) is 0.396. The van der Waals surface area contributed by atoms with Gasteiger partial charge in [0.2, 0.25) is 0 Å². The summed E-state index contributed by atoms with van der Waals surface area (Å²) < 4.78 is 11.0. The van der Waals surface area contributed by atoms with Gasteiger partial charge in [0.1, 0.15) is 22.7 Å². The lowest BCUT2D eigenvalue weighted by atomic mass is 9.85. The van der Waals surface area contributed by atoms with Crippen molar-refractivity contribution >= 4 is 21.9 Å². The SMILES string of the molecule is Cc1ccc2oc(=O)c(C(c3ccncc3)c3c(O)c4cc(C)ccc4oc3=O)c(O)c2c1. The van der Waals surface area contributed by atoms with Crippen LogP contribution in [0, 0.1) is 13.8 Å². The van der Waals surface area contributed by atoms with E-state index in [1.54, 1.807) is 48.5 Å². The molecule has 0 unspecified atom stereocenters. The summed E-state index contributed by atoms with van der Waals surface area (Å²) >= 11 is 0. The highest BCUT2D eigenvalue weighted by molar-refractivity contribution is 5.87. The molecule has 7 heteroatoms. The third kappa shape index (κ3) is 3.34. The smallest absolute Gasteiger partial charge is 0.344 e. The van der Waals surface area contributed by atoms with E-state index in [9.17, 15) is 19.8 Å². The van der Waals surface area contributed by atoms with E-state index in [-0.39, 0.29) is 33.8 Å². The summed E-state index contributed by atoms with van der Waals surface area (Å²) in [5, 5.41) is 23.0. The van der Waals surface area contributed by atoms with Crippen molar-refractivity contribution in [2.24, 2.45) is 0 Å². The molecule has 3 aromatic heterocycles. The lowest BCUT2D eigenvalue weighted by molar-refractivity contribution is 0.441. The Morgan fingerprint density at radius 1 is 0.727 bits per heavy atom. The fraction of sp³-hybridized carbons (Fsp3) is 0.115. The van der Waals surface area contributed by atoms with E-state index in [0.717, 1.165) is 11.1 Å². The van der Waals surface area contributed by atoms with E-state index in [1.807, 2.05) is 13.8 Å². The van der Waals surface area contributed by atoms with Crippen molar-refractivity contribution in [3.63, 3.8) is 0 Å². The number of pyridine rings is 1. The Labute approximate surface area is 187 Å². The molecule has 0 saturated carbocycles. The molecule has 0 spiro atoms. The second-order valence-electron chi connectivity index (χ2n) is 8.02. The Morgan fingerprint density at radius 3 is 1.64 bits per heavy atom. The largest absolute Gasteiger partial charge is 0.507 e. The lowest BCUT2D eigenvalue weighted by Crippen LogP contribution is -2.21. The van der Waals surface area contributed by atoms with Crippen LogP contribution in [0.2, 0.25) is 0 Å². The summed E-state index contributed by atoms with van der Waals surface area (Å²) in [6.45, 7) is 3.69. The van der Waals surface area contributed by atoms with Gasteiger partial charge in [0.05, 0.1) is 27.8 Å². The molecule has 0 aliphatic heterocycles. The minimum Gasteiger partial charge on any atom is -0.507 e. The molecule has 0 fully saturated rings. The van der Waals surface area contributed by atoms with E-state index in [1.165, 1.54) is 12.4 Å². The van der Waals surface area contributed by atoms with Crippen molar-refractivity contribution in [1.82, 2.24) is 4.98 Å². The molecule has 0 radical (unpaired) electrons. The number of nitrogens with zero attached hydrogens (tertiary/aromatic N) is 1. The van der Waals surface area contributed by atoms with Crippen LogP contribution < -0.4 is 11.3 Å². The highest BCUT2D eigenvalue weighted by atomic mass is 16.4. The summed E-state index contributed by atoms with van der Waals surface area (Å²) in [4.78, 5) is 30.2. The first-order chi connectivity index (χ1) is 15.8. The van der Waals surface area contributed by atoms with Crippen LogP contribution in [0.5, 0.6) is 11.5 Å². The number of aromatic nitrogens is 1. The zero-order chi connectivity index (χ0) is 23.3. The van der Waals surface area contributed by atoms with Crippen LogP contribution in [0.3, 0.4) is 0 Å². The number of fused-ring (bicyclic) bond motifs is 2. The summed E-state index contributed by atoms with van der Waals surface area (Å²) in [7, 11) is 0. The maximum atomic E-state index is 13.1. The predicted octanol–water partition coefficient (Wildman–Crippen LogP) is 4.50. The summed E-state index contributed by atoms with van der Waals surface area (Å²) in [5.74, 6) is -1.81. The van der Waals surface area contributed by atoms with Gasteiger partial charge in [-0.15, -0.1) is 0 Å². The van der Waals surface area contributed by atoms with Gasteiger partial charge < -0.3 is 19.0 Å². The van der Waals surface area contributed by atoms with Gasteiger partial charge in [-0.1, -0.05) is 23.3 Å². The number of aryl methyl sites for hydroxylation is 2. The summed E-state index contributed by atoms with van der Waals surface area (Å²) in [5.41, 5.74) is 0.583. The standard InChI is InChI=1S/C26H19NO6/c1-13-3-5-18-16(11-13)23(28)21(25(30)32-18)20(15-7-9-27-10-8-15)22-24(29)17-12-14(2)4-6-19(17)33-26(22)31/h3-12,20,28-29H,1-2H3. The molecule has 164 valence electrons. The highest BCUT2D eigenvalue weighted by Gasteiger charge is 2.32. The van der Waals surface area contributed by atoms with Crippen molar-refractivity contribution in [1.29, 1.82) is 0 Å². The van der Waals surface area contributed by atoms with Crippen molar-refractivity contribution < 1.29 is 19.0 Å². The maximum Gasteiger partial charge on any atom is 0.344 e. The molecule has 33 heavy (non-hydrogen) atoms. The molecule has 0 atom stereocenters. The Kier molecular flexibility index (Phi) is 4.74. The number of rotatable bonds is 3. The Balaban J connectivity index is 1.91. The molecule has 2 aromatic carbocycles. The normalized spacial score (nSPS) is 11.5. The van der Waals surface area contributed by atoms with Gasteiger partial charge in [0.15, 0.2) is 0 Å². The number of aromatic hydroxyl groups is 2. The second kappa shape index (κ2) is 7.63. The molecule has 3 heterocycles. The van der Waals surface area contributed by atoms with Crippen LogP contribution in [-0.4, -0.2) is 15.2 Å². The van der Waals surface area contributed by atoms with Crippen LogP contribution in [0.1, 0.15) is 33.7 Å². The molecule has 0 amide bonds. The molecule has 7 nitrogen and oxygen atoms in total. The van der Waals surface area contributed by atoms with E-state index in [0.29, 0.717) is 16.3 Å². The third-order valence-electron chi connectivity index (χ3n) is 5.75. The Bertz CT molecular complexity index is 1540. The van der Waals surface area contributed by atoms with Crippen LogP contribution in [0.15, 0.2) is 79.3 Å². The van der Waals surface area contributed by atoms with Gasteiger partial charge >= 0.3 is 11.3 Å². The zero-order valence-corrected chi connectivity index (χ0v) is 17.8. The molecular formula is C26H19NO6. The topological polar surface area (TPSA) is 114 Å². The molecule has 2 N–H and O–H groups in total. The zero-order valence-electron chi connectivity index (χ0n) is 17.8. The van der Waals surface area contributed by atoms with Gasteiger partial charge in [-0.25, -0.2) is 9.59 Å². The minimum absolute atomic E-state index is 0.172. The van der Waals surface area contributed by atoms with Crippen molar-refractivity contribution in [2.75, 3.05) is 0 Å². The number of benzene rings is 2. The molecule has 0 aliphatic carbocycles. The average Bonchev–Trinajstić information content (AvgIpc) is 2.80. The molecular weight excluding hydrogens is 422 g/mol.